The van der Waals surface area contributed by atoms with Gasteiger partial charge in [0.25, 0.3) is 5.91 Å². The molecule has 5 rings (SSSR count). The number of benzene rings is 1. The predicted octanol–water partition coefficient (Wildman–Crippen LogP) is 3.90. The maximum atomic E-state index is 13.2. The van der Waals surface area contributed by atoms with Crippen molar-refractivity contribution in [2.24, 2.45) is 7.05 Å². The van der Waals surface area contributed by atoms with Gasteiger partial charge in [-0.3, -0.25) is 9.48 Å². The molecule has 3 heterocycles. The number of carbonyl (C=O) groups excluding carboxylic acids is 1. The molecule has 1 N–H and O–H groups in total. The smallest absolute Gasteiger partial charge is 0.256 e. The average Bonchev–Trinajstić information content (AvgIpc) is 3.54. The molecule has 1 saturated carbocycles. The molecular formula is C22H24ClN5O2. The average molecular weight is 426 g/mol. The van der Waals surface area contributed by atoms with E-state index in [4.69, 9.17) is 21.3 Å². The van der Waals surface area contributed by atoms with E-state index in [1.807, 2.05) is 32.2 Å². The number of pyridine rings is 1. The summed E-state index contributed by atoms with van der Waals surface area (Å²) in [6, 6.07) is 7.58. The summed E-state index contributed by atoms with van der Waals surface area (Å²) < 4.78 is 7.16. The summed E-state index contributed by atoms with van der Waals surface area (Å²) in [5.41, 5.74) is 4.76. The maximum absolute atomic E-state index is 13.2. The Morgan fingerprint density at radius 2 is 2.00 bits per heavy atom. The molecule has 7 nitrogen and oxygen atoms in total. The Hall–Kier alpha value is -2.64. The van der Waals surface area contributed by atoms with Crippen LogP contribution in [0.5, 0.6) is 0 Å². The number of aryl methyl sites for hydroxylation is 2. The number of ether oxygens (including phenoxy) is 1. The monoisotopic (exact) mass is 425 g/mol. The number of aromatic nitrogens is 3. The lowest BCUT2D eigenvalue weighted by Crippen LogP contribution is -2.36. The summed E-state index contributed by atoms with van der Waals surface area (Å²) in [6.45, 7) is 4.92. The molecule has 8 heteroatoms. The molecular weight excluding hydrogens is 402 g/mol. The number of hydrogen-bond donors (Lipinski definition) is 1. The van der Waals surface area contributed by atoms with Crippen molar-refractivity contribution in [3.05, 3.63) is 46.2 Å². The van der Waals surface area contributed by atoms with E-state index in [9.17, 15) is 4.79 Å². The second kappa shape index (κ2) is 7.56. The molecule has 2 aliphatic rings. The zero-order chi connectivity index (χ0) is 20.8. The summed E-state index contributed by atoms with van der Waals surface area (Å²) in [6.07, 6.45) is 2.24. The maximum Gasteiger partial charge on any atom is 0.256 e. The number of amides is 1. The summed E-state index contributed by atoms with van der Waals surface area (Å²) in [5.74, 6) is 0.272. The lowest BCUT2D eigenvalue weighted by atomic mass is 10.1. The van der Waals surface area contributed by atoms with Crippen molar-refractivity contribution in [3.8, 4) is 0 Å². The second-order valence-electron chi connectivity index (χ2n) is 8.00. The molecule has 2 fully saturated rings. The van der Waals surface area contributed by atoms with Crippen LogP contribution in [0.15, 0.2) is 24.3 Å². The summed E-state index contributed by atoms with van der Waals surface area (Å²) in [5, 5.41) is 8.91. The van der Waals surface area contributed by atoms with E-state index in [2.05, 4.69) is 15.3 Å². The highest BCUT2D eigenvalue weighted by molar-refractivity contribution is 6.33. The van der Waals surface area contributed by atoms with Crippen molar-refractivity contribution in [1.82, 2.24) is 14.8 Å². The number of fused-ring (bicyclic) bond motifs is 1. The highest BCUT2D eigenvalue weighted by atomic mass is 35.5. The van der Waals surface area contributed by atoms with Gasteiger partial charge < -0.3 is 15.0 Å². The van der Waals surface area contributed by atoms with Crippen molar-refractivity contribution in [2.75, 3.05) is 36.5 Å². The number of morpholine rings is 1. The molecule has 0 radical (unpaired) electrons. The van der Waals surface area contributed by atoms with Crippen LogP contribution in [0.2, 0.25) is 5.02 Å². The van der Waals surface area contributed by atoms with Gasteiger partial charge in [-0.25, -0.2) is 4.98 Å². The van der Waals surface area contributed by atoms with Gasteiger partial charge in [-0.15, -0.1) is 0 Å². The molecule has 1 amide bonds. The van der Waals surface area contributed by atoms with E-state index in [-0.39, 0.29) is 5.91 Å². The van der Waals surface area contributed by atoms with Gasteiger partial charge in [0, 0.05) is 37.4 Å². The Balaban J connectivity index is 1.45. The number of hydrogen-bond acceptors (Lipinski definition) is 5. The second-order valence-corrected chi connectivity index (χ2v) is 8.40. The van der Waals surface area contributed by atoms with Crippen molar-refractivity contribution in [2.45, 2.75) is 25.7 Å². The highest BCUT2D eigenvalue weighted by Crippen LogP contribution is 2.40. The first-order chi connectivity index (χ1) is 14.5. The Morgan fingerprint density at radius 1 is 1.23 bits per heavy atom. The minimum Gasteiger partial charge on any atom is -0.378 e. The third-order valence-electron chi connectivity index (χ3n) is 5.79. The minimum absolute atomic E-state index is 0.171. The standard InChI is InChI=1S/C22H24ClN5O2/c1-13-20-16(12-18(14-3-4-14)25-21(20)27(2)26-13)22(29)24-15-5-6-19(17(23)11-15)28-7-9-30-10-8-28/h5-6,11-12,14H,3-4,7-10H2,1-2H3,(H,24,29). The van der Waals surface area contributed by atoms with Gasteiger partial charge in [0.2, 0.25) is 0 Å². The van der Waals surface area contributed by atoms with Crippen LogP contribution in [0.1, 0.15) is 40.5 Å². The zero-order valence-corrected chi connectivity index (χ0v) is 17.9. The molecule has 2 aromatic heterocycles. The Bertz CT molecular complexity index is 1130. The van der Waals surface area contributed by atoms with E-state index >= 15 is 0 Å². The molecule has 1 aliphatic carbocycles. The third kappa shape index (κ3) is 3.52. The predicted molar refractivity (Wildman–Crippen MR) is 118 cm³/mol. The number of anilines is 2. The lowest BCUT2D eigenvalue weighted by molar-refractivity contribution is 0.102. The molecule has 30 heavy (non-hydrogen) atoms. The summed E-state index contributed by atoms with van der Waals surface area (Å²) >= 11 is 6.53. The quantitative estimate of drug-likeness (QED) is 0.686. The SMILES string of the molecule is Cc1nn(C)c2nc(C3CC3)cc(C(=O)Nc3ccc(N4CCOCC4)c(Cl)c3)c12. The molecule has 1 aliphatic heterocycles. The Morgan fingerprint density at radius 3 is 2.70 bits per heavy atom. The fraction of sp³-hybridized carbons (Fsp3) is 0.409. The van der Waals surface area contributed by atoms with Crippen LogP contribution in [-0.4, -0.2) is 47.0 Å². The van der Waals surface area contributed by atoms with Crippen molar-refractivity contribution >= 4 is 39.9 Å². The van der Waals surface area contributed by atoms with Crippen molar-refractivity contribution in [1.29, 1.82) is 0 Å². The first kappa shape index (κ1) is 19.3. The van der Waals surface area contributed by atoms with Gasteiger partial charge in [0.15, 0.2) is 5.65 Å². The fourth-order valence-electron chi connectivity index (χ4n) is 4.08. The largest absolute Gasteiger partial charge is 0.378 e. The summed E-state index contributed by atoms with van der Waals surface area (Å²) in [4.78, 5) is 20.2. The number of halogens is 1. The van der Waals surface area contributed by atoms with Gasteiger partial charge in [0.1, 0.15) is 0 Å². The van der Waals surface area contributed by atoms with Gasteiger partial charge >= 0.3 is 0 Å². The van der Waals surface area contributed by atoms with Crippen molar-refractivity contribution in [3.63, 3.8) is 0 Å². The van der Waals surface area contributed by atoms with Gasteiger partial charge in [-0.05, 0) is 44.0 Å². The van der Waals surface area contributed by atoms with Crippen LogP contribution >= 0.6 is 11.6 Å². The topological polar surface area (TPSA) is 72.3 Å². The molecule has 0 unspecified atom stereocenters. The molecule has 0 atom stereocenters. The third-order valence-corrected chi connectivity index (χ3v) is 6.09. The first-order valence-corrected chi connectivity index (χ1v) is 10.7. The van der Waals surface area contributed by atoms with E-state index in [0.717, 1.165) is 54.0 Å². The summed E-state index contributed by atoms with van der Waals surface area (Å²) in [7, 11) is 1.87. The minimum atomic E-state index is -0.171. The molecule has 0 spiro atoms. The van der Waals surface area contributed by atoms with E-state index in [1.165, 1.54) is 0 Å². The molecule has 0 bridgehead atoms. The van der Waals surface area contributed by atoms with Crippen LogP contribution in [0.3, 0.4) is 0 Å². The van der Waals surface area contributed by atoms with Gasteiger partial charge in [-0.2, -0.15) is 5.10 Å². The molecule has 1 aromatic carbocycles. The van der Waals surface area contributed by atoms with E-state index < -0.39 is 0 Å². The van der Waals surface area contributed by atoms with Gasteiger partial charge in [-0.1, -0.05) is 11.6 Å². The van der Waals surface area contributed by atoms with Crippen molar-refractivity contribution < 1.29 is 9.53 Å². The molecule has 3 aromatic rings. The zero-order valence-electron chi connectivity index (χ0n) is 17.1. The lowest BCUT2D eigenvalue weighted by Gasteiger charge is -2.29. The fourth-order valence-corrected chi connectivity index (χ4v) is 4.38. The van der Waals surface area contributed by atoms with Crippen LogP contribution in [-0.2, 0) is 11.8 Å². The molecule has 156 valence electrons. The number of rotatable bonds is 4. The molecule has 1 saturated heterocycles. The first-order valence-electron chi connectivity index (χ1n) is 10.3. The van der Waals surface area contributed by atoms with E-state index in [0.29, 0.717) is 35.4 Å². The van der Waals surface area contributed by atoms with Crippen LogP contribution in [0, 0.1) is 6.92 Å². The van der Waals surface area contributed by atoms with Crippen LogP contribution in [0.25, 0.3) is 11.0 Å². The van der Waals surface area contributed by atoms with Gasteiger partial charge in [0.05, 0.1) is 40.6 Å². The highest BCUT2D eigenvalue weighted by Gasteiger charge is 2.28. The Kier molecular flexibility index (Phi) is 4.87. The number of nitrogens with zero attached hydrogens (tertiary/aromatic N) is 4. The number of nitrogens with one attached hydrogen (secondary N) is 1. The Labute approximate surface area is 180 Å². The number of carbonyl (C=O) groups is 1. The van der Waals surface area contributed by atoms with Crippen LogP contribution < -0.4 is 10.2 Å². The normalized spacial score (nSPS) is 16.8. The van der Waals surface area contributed by atoms with Crippen LogP contribution in [0.4, 0.5) is 11.4 Å². The van der Waals surface area contributed by atoms with E-state index in [1.54, 1.807) is 10.7 Å².